The topological polar surface area (TPSA) is 72.7 Å². The van der Waals surface area contributed by atoms with E-state index in [1.165, 1.54) is 31.2 Å². The molecular weight excluding hydrogens is 402 g/mol. The molecule has 28 heavy (non-hydrogen) atoms. The first-order chi connectivity index (χ1) is 13.1. The van der Waals surface area contributed by atoms with Crippen molar-refractivity contribution in [3.05, 3.63) is 62.8 Å². The number of carbonyl (C=O) groups is 1. The fourth-order valence-electron chi connectivity index (χ4n) is 2.41. The van der Waals surface area contributed by atoms with E-state index < -0.39 is 30.0 Å². The molecule has 0 aliphatic carbocycles. The summed E-state index contributed by atoms with van der Waals surface area (Å²) in [5, 5.41) is 1.75. The number of alkyl halides is 3. The van der Waals surface area contributed by atoms with Crippen molar-refractivity contribution >= 4 is 22.2 Å². The van der Waals surface area contributed by atoms with Crippen molar-refractivity contribution in [1.82, 2.24) is 14.7 Å². The smallest absolute Gasteiger partial charge is 0.405 e. The van der Waals surface area contributed by atoms with Crippen LogP contribution in [0.2, 0.25) is 0 Å². The zero-order valence-corrected chi connectivity index (χ0v) is 15.2. The molecular formula is C17H13F4N3O3S. The molecule has 0 bridgehead atoms. The highest BCUT2D eigenvalue weighted by Gasteiger charge is 2.29. The number of ether oxygens (including phenoxy) is 1. The van der Waals surface area contributed by atoms with Crippen LogP contribution in [-0.2, 0) is 6.61 Å². The highest BCUT2D eigenvalue weighted by atomic mass is 32.1. The average molecular weight is 415 g/mol. The molecule has 0 spiro atoms. The molecule has 11 heteroatoms. The molecule has 0 atom stereocenters. The summed E-state index contributed by atoms with van der Waals surface area (Å²) in [7, 11) is 0. The Morgan fingerprint density at radius 2 is 1.96 bits per heavy atom. The largest absolute Gasteiger partial charge is 0.487 e. The van der Waals surface area contributed by atoms with Crippen molar-refractivity contribution in [2.24, 2.45) is 0 Å². The Labute approximate surface area is 159 Å². The van der Waals surface area contributed by atoms with Gasteiger partial charge in [0.2, 0.25) is 0 Å². The van der Waals surface area contributed by atoms with Crippen molar-refractivity contribution in [2.45, 2.75) is 19.7 Å². The van der Waals surface area contributed by atoms with Gasteiger partial charge in [0.25, 0.3) is 11.5 Å². The Hall–Kier alpha value is -2.95. The van der Waals surface area contributed by atoms with Crippen molar-refractivity contribution in [1.29, 1.82) is 0 Å². The highest BCUT2D eigenvalue weighted by molar-refractivity contribution is 7.17. The predicted octanol–water partition coefficient (Wildman–Crippen LogP) is 3.07. The third-order valence-electron chi connectivity index (χ3n) is 3.61. The van der Waals surface area contributed by atoms with E-state index in [4.69, 9.17) is 4.74 Å². The quantitative estimate of drug-likeness (QED) is 0.650. The molecule has 2 aromatic heterocycles. The van der Waals surface area contributed by atoms with E-state index in [9.17, 15) is 27.2 Å². The summed E-state index contributed by atoms with van der Waals surface area (Å²) in [6.45, 7) is -0.0751. The van der Waals surface area contributed by atoms with E-state index in [2.05, 4.69) is 4.98 Å². The minimum Gasteiger partial charge on any atom is -0.487 e. The maximum Gasteiger partial charge on any atom is 0.405 e. The van der Waals surface area contributed by atoms with Gasteiger partial charge in [-0.25, -0.2) is 13.8 Å². The minimum absolute atomic E-state index is 0.0794. The Morgan fingerprint density at radius 1 is 1.29 bits per heavy atom. The monoisotopic (exact) mass is 415 g/mol. The summed E-state index contributed by atoms with van der Waals surface area (Å²) >= 11 is 0.997. The van der Waals surface area contributed by atoms with Crippen LogP contribution in [0, 0.1) is 12.7 Å². The number of halogens is 4. The fourth-order valence-corrected chi connectivity index (χ4v) is 3.40. The van der Waals surface area contributed by atoms with Crippen LogP contribution < -0.4 is 15.6 Å². The molecule has 1 aromatic carbocycles. The van der Waals surface area contributed by atoms with Gasteiger partial charge >= 0.3 is 6.18 Å². The van der Waals surface area contributed by atoms with Gasteiger partial charge in [0.05, 0.1) is 5.69 Å². The number of benzene rings is 1. The number of aromatic nitrogens is 2. The minimum atomic E-state index is -4.57. The third kappa shape index (κ3) is 4.47. The molecule has 148 valence electrons. The van der Waals surface area contributed by atoms with Crippen molar-refractivity contribution in [3.63, 3.8) is 0 Å². The average Bonchev–Trinajstić information content (AvgIpc) is 2.95. The lowest BCUT2D eigenvalue weighted by Crippen LogP contribution is -2.35. The van der Waals surface area contributed by atoms with Crippen LogP contribution in [0.5, 0.6) is 5.75 Å². The van der Waals surface area contributed by atoms with Gasteiger partial charge in [-0.1, -0.05) is 0 Å². The number of thiazole rings is 1. The summed E-state index contributed by atoms with van der Waals surface area (Å²) in [5.74, 6) is -1.06. The van der Waals surface area contributed by atoms with Gasteiger partial charge in [-0.2, -0.15) is 13.2 Å². The van der Waals surface area contributed by atoms with Crippen LogP contribution in [0.1, 0.15) is 21.1 Å². The highest BCUT2D eigenvalue weighted by Crippen LogP contribution is 2.21. The first-order valence-electron chi connectivity index (χ1n) is 7.89. The number of hydrogen-bond donors (Lipinski definition) is 1. The molecule has 0 aliphatic rings. The van der Waals surface area contributed by atoms with Gasteiger partial charge in [0.15, 0.2) is 4.96 Å². The predicted molar refractivity (Wildman–Crippen MR) is 93.2 cm³/mol. The number of fused-ring (bicyclic) bond motifs is 1. The molecule has 0 unspecified atom stereocenters. The second-order valence-electron chi connectivity index (χ2n) is 5.75. The Kier molecular flexibility index (Phi) is 5.36. The first-order valence-corrected chi connectivity index (χ1v) is 8.71. The van der Waals surface area contributed by atoms with Crippen LogP contribution in [-0.4, -0.2) is 28.0 Å². The van der Waals surface area contributed by atoms with E-state index in [0.29, 0.717) is 10.6 Å². The maximum absolute atomic E-state index is 12.9. The summed E-state index contributed by atoms with van der Waals surface area (Å²) in [5.41, 5.74) is -0.546. The van der Waals surface area contributed by atoms with E-state index in [1.54, 1.807) is 5.32 Å². The Morgan fingerprint density at radius 3 is 2.61 bits per heavy atom. The molecule has 0 radical (unpaired) electrons. The fraction of sp³-hybridized carbons (Fsp3) is 0.235. The Balaban J connectivity index is 1.85. The number of nitrogens with zero attached hydrogens (tertiary/aromatic N) is 2. The molecule has 1 amide bonds. The molecule has 0 saturated heterocycles. The van der Waals surface area contributed by atoms with Crippen LogP contribution >= 0.6 is 11.3 Å². The summed E-state index contributed by atoms with van der Waals surface area (Å²) in [6, 6.07) is 6.39. The maximum atomic E-state index is 12.9. The molecule has 2 heterocycles. The molecule has 0 fully saturated rings. The van der Waals surface area contributed by atoms with Gasteiger partial charge in [0, 0.05) is 10.9 Å². The second-order valence-corrected chi connectivity index (χ2v) is 6.93. The molecule has 3 aromatic rings. The first kappa shape index (κ1) is 19.8. The van der Waals surface area contributed by atoms with E-state index in [0.717, 1.165) is 21.8 Å². The number of nitrogens with one attached hydrogen (secondary N) is 1. The lowest BCUT2D eigenvalue weighted by molar-refractivity contribution is -0.123. The van der Waals surface area contributed by atoms with Gasteiger partial charge in [-0.15, -0.1) is 11.3 Å². The van der Waals surface area contributed by atoms with Crippen LogP contribution in [0.15, 0.2) is 35.1 Å². The summed E-state index contributed by atoms with van der Waals surface area (Å²) in [4.78, 5) is 29.3. The van der Waals surface area contributed by atoms with Gasteiger partial charge in [-0.05, 0) is 31.2 Å². The second kappa shape index (κ2) is 7.58. The summed E-state index contributed by atoms with van der Waals surface area (Å²) < 4.78 is 56.3. The molecule has 0 aliphatic heterocycles. The van der Waals surface area contributed by atoms with Crippen molar-refractivity contribution in [3.8, 4) is 5.75 Å². The van der Waals surface area contributed by atoms with Crippen LogP contribution in [0.25, 0.3) is 4.96 Å². The van der Waals surface area contributed by atoms with Crippen LogP contribution in [0.3, 0.4) is 0 Å². The van der Waals surface area contributed by atoms with Crippen LogP contribution in [0.4, 0.5) is 17.6 Å². The number of rotatable bonds is 5. The lowest BCUT2D eigenvalue weighted by Gasteiger charge is -2.09. The number of aryl methyl sites for hydroxylation is 1. The molecule has 6 nitrogen and oxygen atoms in total. The number of amides is 1. The zero-order valence-electron chi connectivity index (χ0n) is 14.3. The number of carbonyl (C=O) groups excluding carboxylic acids is 1. The van der Waals surface area contributed by atoms with Crippen molar-refractivity contribution < 1.29 is 27.1 Å². The van der Waals surface area contributed by atoms with Gasteiger partial charge in [-0.3, -0.25) is 9.59 Å². The third-order valence-corrected chi connectivity index (χ3v) is 4.56. The SMILES string of the molecule is Cc1sc2nc(COc3ccc(F)cc3)cc(=O)n2c1C(=O)NCC(F)(F)F. The van der Waals surface area contributed by atoms with Gasteiger partial charge < -0.3 is 10.1 Å². The lowest BCUT2D eigenvalue weighted by atomic mass is 10.3. The van der Waals surface area contributed by atoms with E-state index in [-0.39, 0.29) is 23.0 Å². The van der Waals surface area contributed by atoms with Crippen molar-refractivity contribution in [2.75, 3.05) is 6.54 Å². The van der Waals surface area contributed by atoms with E-state index in [1.807, 2.05) is 0 Å². The Bertz CT molecular complexity index is 1070. The standard InChI is InChI=1S/C17H13F4N3O3S/c1-9-14(15(26)22-8-17(19,20)21)24-13(25)6-11(23-16(24)28-9)7-27-12-4-2-10(18)3-5-12/h2-6H,7-8H2,1H3,(H,22,26). The molecule has 1 N–H and O–H groups in total. The summed E-state index contributed by atoms with van der Waals surface area (Å²) in [6.07, 6.45) is -4.57. The van der Waals surface area contributed by atoms with E-state index >= 15 is 0 Å². The normalized spacial score (nSPS) is 11.6. The zero-order chi connectivity index (χ0) is 20.5. The molecule has 3 rings (SSSR count). The number of hydrogen-bond acceptors (Lipinski definition) is 5. The van der Waals surface area contributed by atoms with Gasteiger partial charge in [0.1, 0.15) is 30.4 Å². The molecule has 0 saturated carbocycles.